The molecule has 0 atom stereocenters. The topological polar surface area (TPSA) is 25.8 Å². The molecule has 45 heavy (non-hydrogen) atoms. The molecule has 0 unspecified atom stereocenters. The number of fused-ring (bicyclic) bond motifs is 6. The van der Waals surface area contributed by atoms with E-state index in [4.69, 9.17) is 9.97 Å². The Hall–Kier alpha value is -5.51. The molecule has 0 N–H and O–H groups in total. The van der Waals surface area contributed by atoms with Gasteiger partial charge in [-0.1, -0.05) is 157 Å². The lowest BCUT2D eigenvalue weighted by atomic mass is 9.94. The first kappa shape index (κ1) is 27.1. The van der Waals surface area contributed by atoms with E-state index in [1.165, 1.54) is 32.0 Å². The molecule has 212 valence electrons. The fourth-order valence-electron chi connectivity index (χ4n) is 5.91. The minimum Gasteiger partial charge on any atom is -0.228 e. The van der Waals surface area contributed by atoms with Crippen molar-refractivity contribution in [2.24, 2.45) is 0 Å². The highest BCUT2D eigenvalue weighted by Crippen LogP contribution is 2.44. The summed E-state index contributed by atoms with van der Waals surface area (Å²) in [7, 11) is 0. The van der Waals surface area contributed by atoms with Crippen molar-refractivity contribution in [2.45, 2.75) is 9.79 Å². The fraction of sp³-hybridized carbons (Fsp3) is 0. The van der Waals surface area contributed by atoms with Crippen LogP contribution in [0.5, 0.6) is 0 Å². The molecular weight excluding hydrogens is 565 g/mol. The maximum absolute atomic E-state index is 5.12. The van der Waals surface area contributed by atoms with Crippen molar-refractivity contribution >= 4 is 23.9 Å². The van der Waals surface area contributed by atoms with Gasteiger partial charge >= 0.3 is 0 Å². The van der Waals surface area contributed by atoms with Crippen molar-refractivity contribution in [1.29, 1.82) is 0 Å². The first-order valence-corrected chi connectivity index (χ1v) is 15.9. The van der Waals surface area contributed by atoms with Crippen LogP contribution in [0, 0.1) is 0 Å². The van der Waals surface area contributed by atoms with Crippen LogP contribution in [0.15, 0.2) is 168 Å². The third kappa shape index (κ3) is 5.39. The van der Waals surface area contributed by atoms with Gasteiger partial charge < -0.3 is 0 Å². The van der Waals surface area contributed by atoms with Crippen LogP contribution in [-0.4, -0.2) is 9.97 Å². The molecule has 0 saturated carbocycles. The predicted octanol–water partition coefficient (Wildman–Crippen LogP) is 11.4. The van der Waals surface area contributed by atoms with Crippen molar-refractivity contribution in [3.05, 3.63) is 169 Å². The Kier molecular flexibility index (Phi) is 7.14. The first-order chi connectivity index (χ1) is 22.3. The van der Waals surface area contributed by atoms with Gasteiger partial charge in [0, 0.05) is 26.5 Å². The lowest BCUT2D eigenvalue weighted by molar-refractivity contribution is 1.18. The molecule has 8 rings (SSSR count). The molecule has 1 aliphatic heterocycles. The largest absolute Gasteiger partial charge is 0.228 e. The number of rotatable bonds is 3. The quantitative estimate of drug-likeness (QED) is 0.204. The molecule has 0 bridgehead atoms. The van der Waals surface area contributed by atoms with Gasteiger partial charge in [-0.3, -0.25) is 0 Å². The second-order valence-electron chi connectivity index (χ2n) is 11.0. The maximum Gasteiger partial charge on any atom is 0.160 e. The molecule has 0 spiro atoms. The van der Waals surface area contributed by atoms with E-state index in [0.29, 0.717) is 5.82 Å². The second-order valence-corrected chi connectivity index (χ2v) is 12.1. The van der Waals surface area contributed by atoms with E-state index in [2.05, 4.69) is 158 Å². The van der Waals surface area contributed by atoms with Gasteiger partial charge in [-0.25, -0.2) is 9.97 Å². The molecule has 1 aliphatic rings. The summed E-state index contributed by atoms with van der Waals surface area (Å²) in [4.78, 5) is 12.7. The van der Waals surface area contributed by atoms with Crippen LogP contribution in [0.25, 0.3) is 68.3 Å². The van der Waals surface area contributed by atoms with E-state index in [1.807, 2.05) is 23.9 Å². The van der Waals surface area contributed by atoms with E-state index < -0.39 is 0 Å². The Morgan fingerprint density at radius 2 is 0.844 bits per heavy atom. The highest BCUT2D eigenvalue weighted by Gasteiger charge is 2.17. The summed E-state index contributed by atoms with van der Waals surface area (Å²) in [6, 6.07) is 55.4. The van der Waals surface area contributed by atoms with E-state index >= 15 is 0 Å². The van der Waals surface area contributed by atoms with Gasteiger partial charge in [0.2, 0.25) is 0 Å². The lowest BCUT2D eigenvalue weighted by Crippen LogP contribution is -1.97. The van der Waals surface area contributed by atoms with Crippen LogP contribution in [0.3, 0.4) is 0 Å². The molecule has 0 fully saturated rings. The Balaban J connectivity index is 1.34. The average Bonchev–Trinajstić information content (AvgIpc) is 3.14. The number of hydrogen-bond acceptors (Lipinski definition) is 3. The zero-order valence-corrected chi connectivity index (χ0v) is 25.3. The Labute approximate surface area is 267 Å². The number of nitrogens with zero attached hydrogens (tertiary/aromatic N) is 2. The highest BCUT2D eigenvalue weighted by molar-refractivity contribution is 7.99. The van der Waals surface area contributed by atoms with Crippen molar-refractivity contribution in [3.63, 3.8) is 0 Å². The normalized spacial score (nSPS) is 12.5. The summed E-state index contributed by atoms with van der Waals surface area (Å²) < 4.78 is 0. The van der Waals surface area contributed by atoms with Gasteiger partial charge in [0.05, 0.1) is 11.4 Å². The zero-order valence-electron chi connectivity index (χ0n) is 24.5. The average molecular weight is 593 g/mol. The molecule has 0 saturated heterocycles. The Morgan fingerprint density at radius 3 is 1.47 bits per heavy atom. The monoisotopic (exact) mass is 592 g/mol. The predicted molar refractivity (Wildman–Crippen MR) is 189 cm³/mol. The molecule has 0 amide bonds. The van der Waals surface area contributed by atoms with E-state index in [-0.39, 0.29) is 0 Å². The van der Waals surface area contributed by atoms with Gasteiger partial charge in [0.25, 0.3) is 0 Å². The van der Waals surface area contributed by atoms with Gasteiger partial charge in [0.1, 0.15) is 0 Å². The molecule has 0 radical (unpaired) electrons. The molecule has 7 aromatic rings. The van der Waals surface area contributed by atoms with Crippen LogP contribution in [0.1, 0.15) is 11.1 Å². The van der Waals surface area contributed by atoms with Crippen LogP contribution < -0.4 is 0 Å². The molecule has 0 aliphatic carbocycles. The Bertz CT molecular complexity index is 2130. The van der Waals surface area contributed by atoms with Gasteiger partial charge in [-0.05, 0) is 57.6 Å². The van der Waals surface area contributed by atoms with E-state index in [9.17, 15) is 0 Å². The van der Waals surface area contributed by atoms with Crippen LogP contribution >= 0.6 is 11.8 Å². The summed E-state index contributed by atoms with van der Waals surface area (Å²) in [5.41, 5.74) is 12.1. The summed E-state index contributed by atoms with van der Waals surface area (Å²) in [6.45, 7) is 0. The van der Waals surface area contributed by atoms with E-state index in [0.717, 1.165) is 39.2 Å². The minimum atomic E-state index is 0.706. The molecule has 2 heterocycles. The van der Waals surface area contributed by atoms with Gasteiger partial charge in [-0.2, -0.15) is 0 Å². The minimum absolute atomic E-state index is 0.706. The van der Waals surface area contributed by atoms with Crippen LogP contribution in [0.2, 0.25) is 0 Å². The molecule has 6 aromatic carbocycles. The van der Waals surface area contributed by atoms with Crippen molar-refractivity contribution in [1.82, 2.24) is 9.97 Å². The second kappa shape index (κ2) is 11.9. The van der Waals surface area contributed by atoms with Crippen LogP contribution in [-0.2, 0) is 0 Å². The number of benzene rings is 6. The van der Waals surface area contributed by atoms with Gasteiger partial charge in [0.15, 0.2) is 5.82 Å². The molecule has 2 nitrogen and oxygen atoms in total. The summed E-state index contributed by atoms with van der Waals surface area (Å²) in [5, 5.41) is 0. The SMILES string of the molecule is C1=C\c2ccc(-c3nc(-c4ccccc4)cc(-c4ccccc4)n3)cc2-c2ccccc2Sc2ccccc2-c2ccccc2/1. The maximum atomic E-state index is 5.12. The third-order valence-electron chi connectivity index (χ3n) is 8.15. The molecule has 3 heteroatoms. The summed E-state index contributed by atoms with van der Waals surface area (Å²) >= 11 is 1.82. The smallest absolute Gasteiger partial charge is 0.160 e. The lowest BCUT2D eigenvalue weighted by Gasteiger charge is -2.15. The summed E-state index contributed by atoms with van der Waals surface area (Å²) in [6.07, 6.45) is 4.48. The van der Waals surface area contributed by atoms with Crippen molar-refractivity contribution in [3.8, 4) is 56.2 Å². The summed E-state index contributed by atoms with van der Waals surface area (Å²) in [5.74, 6) is 0.706. The number of hydrogen-bond donors (Lipinski definition) is 0. The third-order valence-corrected chi connectivity index (χ3v) is 9.31. The number of aromatic nitrogens is 2. The fourth-order valence-corrected chi connectivity index (χ4v) is 7.01. The van der Waals surface area contributed by atoms with Crippen LogP contribution in [0.4, 0.5) is 0 Å². The van der Waals surface area contributed by atoms with Crippen molar-refractivity contribution in [2.75, 3.05) is 0 Å². The zero-order chi connectivity index (χ0) is 30.0. The standard InChI is InChI=1S/C42H28N2S/c1-3-14-31(15-4-1)38-28-39(32-16-5-2-6-17-32)44-42(43-38)33-26-25-30-24-23-29-13-7-8-18-34(29)35-19-9-11-21-40(35)45-41-22-12-10-20-36(41)37(30)27-33/h1-28H/b24-23-. The first-order valence-electron chi connectivity index (χ1n) is 15.1. The van der Waals surface area contributed by atoms with Crippen molar-refractivity contribution < 1.29 is 0 Å². The van der Waals surface area contributed by atoms with E-state index in [1.54, 1.807) is 0 Å². The Morgan fingerprint density at radius 1 is 0.356 bits per heavy atom. The highest BCUT2D eigenvalue weighted by atomic mass is 32.2. The molecule has 1 aromatic heterocycles. The van der Waals surface area contributed by atoms with Gasteiger partial charge in [-0.15, -0.1) is 0 Å². The molecular formula is C42H28N2S.